The summed E-state index contributed by atoms with van der Waals surface area (Å²) in [6.45, 7) is 12.5. The zero-order valence-corrected chi connectivity index (χ0v) is 14.7. The Hall–Kier alpha value is -0.860. The van der Waals surface area contributed by atoms with Gasteiger partial charge >= 0.3 is 0 Å². The number of rotatable bonds is 15. The molecular weight excluding hydrogens is 296 g/mol. The van der Waals surface area contributed by atoms with Crippen molar-refractivity contribution in [2.75, 3.05) is 66.3 Å². The van der Waals surface area contributed by atoms with E-state index in [4.69, 9.17) is 15.3 Å². The molecule has 0 spiro atoms. The van der Waals surface area contributed by atoms with Crippen molar-refractivity contribution in [2.45, 2.75) is 25.7 Å². The zero-order valence-electron chi connectivity index (χ0n) is 14.7. The van der Waals surface area contributed by atoms with Crippen LogP contribution in [0.3, 0.4) is 0 Å². The molecule has 0 saturated carbocycles. The van der Waals surface area contributed by atoms with E-state index in [1.807, 2.05) is 7.05 Å². The van der Waals surface area contributed by atoms with Crippen LogP contribution >= 0.6 is 0 Å². The molecule has 0 radical (unpaired) electrons. The van der Waals surface area contributed by atoms with Gasteiger partial charge in [0.2, 0.25) is 0 Å². The van der Waals surface area contributed by atoms with E-state index in [0.29, 0.717) is 6.67 Å². The van der Waals surface area contributed by atoms with Gasteiger partial charge in [0.25, 0.3) is 0 Å². The third-order valence-electron chi connectivity index (χ3n) is 3.13. The first-order valence-corrected chi connectivity index (χ1v) is 8.24. The molecule has 0 saturated heterocycles. The Morgan fingerprint density at radius 2 is 1.30 bits per heavy atom. The van der Waals surface area contributed by atoms with Gasteiger partial charge in [0, 0.05) is 52.5 Å². The van der Waals surface area contributed by atoms with E-state index in [1.54, 1.807) is 0 Å². The first kappa shape index (κ1) is 24.4. The van der Waals surface area contributed by atoms with Crippen LogP contribution in [0, 0.1) is 0 Å². The fourth-order valence-electron chi connectivity index (χ4n) is 1.81. The number of aliphatic hydroxyl groups excluding tert-OH is 3. The number of hydrogen-bond donors (Lipinski definition) is 3. The molecule has 0 aromatic heterocycles. The van der Waals surface area contributed by atoms with Crippen LogP contribution in [0.5, 0.6) is 0 Å². The van der Waals surface area contributed by atoms with Gasteiger partial charge in [0.05, 0.1) is 6.67 Å². The summed E-state index contributed by atoms with van der Waals surface area (Å²) < 4.78 is 0. The van der Waals surface area contributed by atoms with Gasteiger partial charge < -0.3 is 25.2 Å². The minimum absolute atomic E-state index is 0.222. The monoisotopic (exact) mass is 332 g/mol. The molecule has 0 aliphatic rings. The largest absolute Gasteiger partial charge is 0.396 e. The lowest BCUT2D eigenvalue weighted by Gasteiger charge is -2.24. The van der Waals surface area contributed by atoms with Gasteiger partial charge in [-0.3, -0.25) is 9.89 Å². The summed E-state index contributed by atoms with van der Waals surface area (Å²) in [7, 11) is 2.00. The van der Waals surface area contributed by atoms with E-state index >= 15 is 0 Å². The van der Waals surface area contributed by atoms with Crippen molar-refractivity contribution in [1.82, 2.24) is 9.80 Å². The molecule has 0 unspecified atom stereocenters. The minimum atomic E-state index is 0.222. The van der Waals surface area contributed by atoms with E-state index in [2.05, 4.69) is 33.2 Å². The van der Waals surface area contributed by atoms with E-state index in [1.165, 1.54) is 0 Å². The number of unbranched alkanes of at least 4 members (excludes halogenated alkanes) is 1. The number of aliphatic hydroxyl groups is 3. The van der Waals surface area contributed by atoms with Crippen molar-refractivity contribution in [3.05, 3.63) is 0 Å². The van der Waals surface area contributed by atoms with E-state index in [9.17, 15) is 0 Å². The molecule has 0 aliphatic carbocycles. The van der Waals surface area contributed by atoms with Crippen molar-refractivity contribution in [3.63, 3.8) is 0 Å². The second-order valence-corrected chi connectivity index (χ2v) is 5.32. The van der Waals surface area contributed by atoms with Crippen molar-refractivity contribution < 1.29 is 15.3 Å². The lowest BCUT2D eigenvalue weighted by Crippen LogP contribution is -2.35. The molecule has 138 valence electrons. The Bertz CT molecular complexity index is 247. The third-order valence-corrected chi connectivity index (χ3v) is 3.13. The van der Waals surface area contributed by atoms with Crippen LogP contribution in [-0.2, 0) is 0 Å². The number of likely N-dealkylation sites (N-methyl/N-ethyl adjacent to an activating group) is 1. The Balaban J connectivity index is 0. The highest BCUT2D eigenvalue weighted by Gasteiger charge is 2.05. The first-order valence-electron chi connectivity index (χ1n) is 8.24. The number of nitrogens with zero attached hydrogens (tertiary/aromatic N) is 4. The van der Waals surface area contributed by atoms with Crippen LogP contribution in [0.1, 0.15) is 25.7 Å². The van der Waals surface area contributed by atoms with Gasteiger partial charge in [-0.05, 0) is 46.2 Å². The van der Waals surface area contributed by atoms with Crippen LogP contribution in [0.25, 0.3) is 0 Å². The Labute approximate surface area is 141 Å². The highest BCUT2D eigenvalue weighted by atomic mass is 16.3. The summed E-state index contributed by atoms with van der Waals surface area (Å²) in [5.74, 6) is 0. The predicted octanol–water partition coefficient (Wildman–Crippen LogP) is 0.103. The summed E-state index contributed by atoms with van der Waals surface area (Å²) >= 11 is 0. The zero-order chi connectivity index (χ0) is 17.8. The molecule has 7 nitrogen and oxygen atoms in total. The average molecular weight is 332 g/mol. The van der Waals surface area contributed by atoms with Crippen LogP contribution in [0.4, 0.5) is 0 Å². The molecule has 0 atom stereocenters. The minimum Gasteiger partial charge on any atom is -0.396 e. The summed E-state index contributed by atoms with van der Waals surface area (Å²) in [6, 6.07) is 0. The standard InChI is InChI=1S/C11H25N3O2.C5H11NO/c1-12-11-13(2)7-8-14(5-3-9-15)6-4-10-16;1-6-4-2-3-5-7/h15-16H,1,3-11H2,2H3;7H,1-5H2. The summed E-state index contributed by atoms with van der Waals surface area (Å²) in [4.78, 5) is 11.8. The third kappa shape index (κ3) is 21.1. The van der Waals surface area contributed by atoms with Gasteiger partial charge in [0.15, 0.2) is 0 Å². The average Bonchev–Trinajstić information content (AvgIpc) is 2.55. The summed E-state index contributed by atoms with van der Waals surface area (Å²) in [5, 5.41) is 25.8. The lowest BCUT2D eigenvalue weighted by atomic mass is 10.3. The van der Waals surface area contributed by atoms with Gasteiger partial charge in [-0.1, -0.05) is 0 Å². The van der Waals surface area contributed by atoms with E-state index in [-0.39, 0.29) is 19.8 Å². The van der Waals surface area contributed by atoms with E-state index in [0.717, 1.165) is 58.4 Å². The van der Waals surface area contributed by atoms with Crippen LogP contribution in [0.2, 0.25) is 0 Å². The Kier molecular flexibility index (Phi) is 22.4. The normalized spacial score (nSPS) is 10.5. The first-order chi connectivity index (χ1) is 11.2. The molecular formula is C16H36N4O3. The highest BCUT2D eigenvalue weighted by molar-refractivity contribution is 5.23. The fraction of sp³-hybridized carbons (Fsp3) is 0.875. The maximum Gasteiger partial charge on any atom is 0.0900 e. The van der Waals surface area contributed by atoms with Gasteiger partial charge in [-0.2, -0.15) is 0 Å². The number of hydrogen-bond acceptors (Lipinski definition) is 7. The van der Waals surface area contributed by atoms with Crippen molar-refractivity contribution >= 4 is 13.4 Å². The van der Waals surface area contributed by atoms with Crippen molar-refractivity contribution in [2.24, 2.45) is 9.98 Å². The number of aliphatic imine (C=N–C) groups is 2. The maximum absolute atomic E-state index is 8.79. The quantitative estimate of drug-likeness (QED) is 0.292. The van der Waals surface area contributed by atoms with Crippen LogP contribution < -0.4 is 0 Å². The molecule has 0 aromatic carbocycles. The fourth-order valence-corrected chi connectivity index (χ4v) is 1.81. The van der Waals surface area contributed by atoms with Crippen LogP contribution in [-0.4, -0.2) is 105 Å². The van der Waals surface area contributed by atoms with Gasteiger partial charge in [-0.15, -0.1) is 0 Å². The summed E-state index contributed by atoms with van der Waals surface area (Å²) in [5.41, 5.74) is 0. The molecule has 0 aromatic rings. The second kappa shape index (κ2) is 21.1. The SMILES string of the molecule is C=NCCCCO.C=NCN(C)CCN(CCCO)CCCO. The molecule has 0 bridgehead atoms. The van der Waals surface area contributed by atoms with Crippen LogP contribution in [0.15, 0.2) is 9.98 Å². The van der Waals surface area contributed by atoms with Gasteiger partial charge in [-0.25, -0.2) is 0 Å². The van der Waals surface area contributed by atoms with E-state index < -0.39 is 0 Å². The summed E-state index contributed by atoms with van der Waals surface area (Å²) in [6.07, 6.45) is 3.38. The second-order valence-electron chi connectivity index (χ2n) is 5.32. The van der Waals surface area contributed by atoms with Crippen molar-refractivity contribution in [3.8, 4) is 0 Å². The molecule has 0 amide bonds. The molecule has 0 heterocycles. The predicted molar refractivity (Wildman–Crippen MR) is 97.6 cm³/mol. The van der Waals surface area contributed by atoms with Crippen molar-refractivity contribution in [1.29, 1.82) is 0 Å². The molecule has 0 fully saturated rings. The van der Waals surface area contributed by atoms with Gasteiger partial charge in [0.1, 0.15) is 0 Å². The lowest BCUT2D eigenvalue weighted by molar-refractivity contribution is 0.184. The Morgan fingerprint density at radius 1 is 0.739 bits per heavy atom. The Morgan fingerprint density at radius 3 is 1.74 bits per heavy atom. The highest BCUT2D eigenvalue weighted by Crippen LogP contribution is 1.95. The topological polar surface area (TPSA) is 91.9 Å². The molecule has 7 heteroatoms. The molecule has 0 rings (SSSR count). The molecule has 23 heavy (non-hydrogen) atoms. The smallest absolute Gasteiger partial charge is 0.0900 e. The maximum atomic E-state index is 8.79. The molecule has 0 aliphatic heterocycles. The molecule has 3 N–H and O–H groups in total.